The van der Waals surface area contributed by atoms with E-state index in [0.717, 1.165) is 26.0 Å². The van der Waals surface area contributed by atoms with Crippen LogP contribution in [0, 0.1) is 3.57 Å². The number of phenols is 1. The second kappa shape index (κ2) is 8.69. The summed E-state index contributed by atoms with van der Waals surface area (Å²) in [7, 11) is 0. The second-order valence-corrected chi connectivity index (χ2v) is 9.91. The molecule has 1 aliphatic heterocycles. The SMILES string of the molecule is O=c1c(=Cc2ccc(O)c(I)c2)sc2n1C(c1ccc(Cl)cc1)C=C(c1ccccc1)N=2. The van der Waals surface area contributed by atoms with Crippen molar-refractivity contribution in [2.75, 3.05) is 0 Å². The van der Waals surface area contributed by atoms with Crippen molar-refractivity contribution < 1.29 is 5.11 Å². The summed E-state index contributed by atoms with van der Waals surface area (Å²) in [5, 5.41) is 10.4. The van der Waals surface area contributed by atoms with Crippen LogP contribution in [0.4, 0.5) is 0 Å². The van der Waals surface area contributed by atoms with Gasteiger partial charge in [0.15, 0.2) is 4.80 Å². The Kier molecular flexibility index (Phi) is 5.75. The summed E-state index contributed by atoms with van der Waals surface area (Å²) in [6, 6.07) is 22.5. The van der Waals surface area contributed by atoms with E-state index in [1.54, 1.807) is 16.7 Å². The molecule has 0 saturated heterocycles. The maximum absolute atomic E-state index is 13.4. The van der Waals surface area contributed by atoms with Gasteiger partial charge in [0.25, 0.3) is 5.56 Å². The Hall–Kier alpha value is -2.68. The highest BCUT2D eigenvalue weighted by Crippen LogP contribution is 2.27. The van der Waals surface area contributed by atoms with Crippen LogP contribution in [0.3, 0.4) is 0 Å². The van der Waals surface area contributed by atoms with Crippen molar-refractivity contribution in [1.82, 2.24) is 4.57 Å². The van der Waals surface area contributed by atoms with E-state index >= 15 is 0 Å². The summed E-state index contributed by atoms with van der Waals surface area (Å²) in [6.45, 7) is 0. The molecule has 0 bridgehead atoms. The van der Waals surface area contributed by atoms with Gasteiger partial charge in [-0.25, -0.2) is 4.99 Å². The summed E-state index contributed by atoms with van der Waals surface area (Å²) in [6.07, 6.45) is 3.86. The molecule has 0 spiro atoms. The van der Waals surface area contributed by atoms with Crippen LogP contribution in [0.15, 0.2) is 88.7 Å². The lowest BCUT2D eigenvalue weighted by molar-refractivity contribution is 0.471. The van der Waals surface area contributed by atoms with E-state index in [4.69, 9.17) is 16.6 Å². The number of thiazole rings is 1. The van der Waals surface area contributed by atoms with Gasteiger partial charge in [-0.15, -0.1) is 0 Å². The minimum absolute atomic E-state index is 0.0971. The van der Waals surface area contributed by atoms with Gasteiger partial charge in [-0.1, -0.05) is 71.5 Å². The topological polar surface area (TPSA) is 54.6 Å². The van der Waals surface area contributed by atoms with Gasteiger partial charge in [-0.05, 0) is 75.7 Å². The molecule has 3 aromatic carbocycles. The van der Waals surface area contributed by atoms with Gasteiger partial charge in [0, 0.05) is 5.02 Å². The lowest BCUT2D eigenvalue weighted by Gasteiger charge is -2.19. The van der Waals surface area contributed by atoms with Crippen molar-refractivity contribution >= 4 is 57.3 Å². The van der Waals surface area contributed by atoms with Gasteiger partial charge in [-0.3, -0.25) is 9.36 Å². The number of hydrogen-bond acceptors (Lipinski definition) is 4. The Bertz CT molecular complexity index is 1520. The summed E-state index contributed by atoms with van der Waals surface area (Å²) in [5.74, 6) is 0.222. The van der Waals surface area contributed by atoms with Crippen molar-refractivity contribution in [3.63, 3.8) is 0 Å². The van der Waals surface area contributed by atoms with E-state index in [9.17, 15) is 9.90 Å². The summed E-state index contributed by atoms with van der Waals surface area (Å²) >= 11 is 9.54. The van der Waals surface area contributed by atoms with E-state index in [1.165, 1.54) is 11.3 Å². The van der Waals surface area contributed by atoms with Gasteiger partial charge < -0.3 is 5.11 Å². The Morgan fingerprint density at radius 3 is 2.53 bits per heavy atom. The predicted molar refractivity (Wildman–Crippen MR) is 138 cm³/mol. The maximum Gasteiger partial charge on any atom is 0.271 e. The van der Waals surface area contributed by atoms with E-state index in [-0.39, 0.29) is 17.4 Å². The van der Waals surface area contributed by atoms with Crippen LogP contribution in [-0.4, -0.2) is 9.67 Å². The molecule has 0 amide bonds. The van der Waals surface area contributed by atoms with Crippen LogP contribution in [-0.2, 0) is 0 Å². The number of hydrogen-bond donors (Lipinski definition) is 1. The average Bonchev–Trinajstić information content (AvgIpc) is 3.12. The standard InChI is InChI=1S/C25H16ClIN2O2S/c26-18-9-7-17(8-10-18)21-14-20(16-4-2-1-3-5-16)28-25-29(21)24(31)23(32-25)13-15-6-11-22(30)19(27)12-15/h1-14,21,30H. The van der Waals surface area contributed by atoms with Crippen molar-refractivity contribution in [3.05, 3.63) is 124 Å². The zero-order chi connectivity index (χ0) is 22.2. The lowest BCUT2D eigenvalue weighted by Crippen LogP contribution is -2.36. The first kappa shape index (κ1) is 21.2. The Morgan fingerprint density at radius 1 is 1.06 bits per heavy atom. The highest BCUT2D eigenvalue weighted by molar-refractivity contribution is 14.1. The third-order valence-electron chi connectivity index (χ3n) is 5.20. The molecule has 1 atom stereocenters. The molecular formula is C25H16ClIN2O2S. The van der Waals surface area contributed by atoms with Gasteiger partial charge in [0.2, 0.25) is 0 Å². The molecule has 1 N–H and O–H groups in total. The quantitative estimate of drug-likeness (QED) is 0.354. The van der Waals surface area contributed by atoms with Crippen molar-refractivity contribution in [3.8, 4) is 5.75 Å². The molecule has 7 heteroatoms. The second-order valence-electron chi connectivity index (χ2n) is 7.31. The van der Waals surface area contributed by atoms with Gasteiger partial charge >= 0.3 is 0 Å². The molecule has 0 radical (unpaired) electrons. The van der Waals surface area contributed by atoms with Gasteiger partial charge in [-0.2, -0.15) is 0 Å². The zero-order valence-corrected chi connectivity index (χ0v) is 20.3. The van der Waals surface area contributed by atoms with Crippen LogP contribution >= 0.6 is 45.5 Å². The first-order valence-electron chi connectivity index (χ1n) is 9.82. The number of halogens is 2. The largest absolute Gasteiger partial charge is 0.507 e. The number of allylic oxidation sites excluding steroid dienone is 1. The number of fused-ring (bicyclic) bond motifs is 1. The maximum atomic E-state index is 13.4. The molecule has 1 aromatic heterocycles. The summed E-state index contributed by atoms with van der Waals surface area (Å²) in [5.41, 5.74) is 3.54. The molecule has 1 unspecified atom stereocenters. The molecule has 0 fully saturated rings. The van der Waals surface area contributed by atoms with Gasteiger partial charge in [0.05, 0.1) is 19.8 Å². The van der Waals surface area contributed by atoms with Crippen molar-refractivity contribution in [2.24, 2.45) is 4.99 Å². The van der Waals surface area contributed by atoms with Crippen LogP contribution in [0.25, 0.3) is 11.8 Å². The highest BCUT2D eigenvalue weighted by Gasteiger charge is 2.22. The number of rotatable bonds is 3. The number of aromatic hydroxyl groups is 1. The van der Waals surface area contributed by atoms with Gasteiger partial charge in [0.1, 0.15) is 5.75 Å². The number of phenolic OH excluding ortho intramolecular Hbond substituents is 1. The minimum Gasteiger partial charge on any atom is -0.507 e. The Balaban J connectivity index is 1.72. The van der Waals surface area contributed by atoms with Crippen LogP contribution in [0.5, 0.6) is 5.75 Å². The summed E-state index contributed by atoms with van der Waals surface area (Å²) < 4.78 is 3.05. The molecule has 1 aliphatic rings. The van der Waals surface area contributed by atoms with E-state index in [0.29, 0.717) is 14.4 Å². The monoisotopic (exact) mass is 570 g/mol. The number of nitrogens with zero attached hydrogens (tertiary/aromatic N) is 2. The predicted octanol–water partition coefficient (Wildman–Crippen LogP) is 4.97. The smallest absolute Gasteiger partial charge is 0.271 e. The molecule has 0 saturated carbocycles. The Labute approximate surface area is 206 Å². The minimum atomic E-state index is -0.291. The fourth-order valence-electron chi connectivity index (χ4n) is 3.61. The summed E-state index contributed by atoms with van der Waals surface area (Å²) in [4.78, 5) is 18.9. The fraction of sp³-hybridized carbons (Fsp3) is 0.0400. The number of benzene rings is 3. The molecule has 32 heavy (non-hydrogen) atoms. The third kappa shape index (κ3) is 4.05. The molecule has 2 heterocycles. The normalized spacial score (nSPS) is 15.8. The first-order chi connectivity index (χ1) is 15.5. The van der Waals surface area contributed by atoms with Crippen molar-refractivity contribution in [2.45, 2.75) is 6.04 Å². The van der Waals surface area contributed by atoms with Crippen LogP contribution < -0.4 is 14.9 Å². The van der Waals surface area contributed by atoms with Crippen LogP contribution in [0.2, 0.25) is 5.02 Å². The number of aromatic nitrogens is 1. The average molecular weight is 571 g/mol. The molecule has 158 valence electrons. The lowest BCUT2D eigenvalue weighted by atomic mass is 10.0. The molecule has 4 aromatic rings. The first-order valence-corrected chi connectivity index (χ1v) is 12.1. The van der Waals surface area contributed by atoms with E-state index in [1.807, 2.05) is 72.8 Å². The highest BCUT2D eigenvalue weighted by atomic mass is 127. The third-order valence-corrected chi connectivity index (χ3v) is 7.30. The molecular weight excluding hydrogens is 555 g/mol. The molecule has 5 rings (SSSR count). The fourth-order valence-corrected chi connectivity index (χ4v) is 5.30. The van der Waals surface area contributed by atoms with E-state index < -0.39 is 0 Å². The van der Waals surface area contributed by atoms with E-state index in [2.05, 4.69) is 22.6 Å². The van der Waals surface area contributed by atoms with Crippen LogP contribution in [0.1, 0.15) is 22.7 Å². The molecule has 0 aliphatic carbocycles. The molecule has 4 nitrogen and oxygen atoms in total. The van der Waals surface area contributed by atoms with Crippen molar-refractivity contribution in [1.29, 1.82) is 0 Å². The zero-order valence-electron chi connectivity index (χ0n) is 16.6. The Morgan fingerprint density at radius 2 is 1.81 bits per heavy atom.